The van der Waals surface area contributed by atoms with Crippen molar-refractivity contribution in [3.8, 4) is 0 Å². The first kappa shape index (κ1) is 9.34. The fourth-order valence-corrected chi connectivity index (χ4v) is 1.38. The number of hydrogen-bond donors (Lipinski definition) is 1. The Morgan fingerprint density at radius 2 is 2.33 bits per heavy atom. The van der Waals surface area contributed by atoms with Crippen LogP contribution >= 0.6 is 25.3 Å². The van der Waals surface area contributed by atoms with E-state index in [0.29, 0.717) is 0 Å². The topological polar surface area (TPSA) is 54.5 Å². The zero-order valence-corrected chi connectivity index (χ0v) is 8.22. The van der Waals surface area contributed by atoms with Gasteiger partial charge in [-0.05, 0) is 6.26 Å². The first-order valence-electron chi connectivity index (χ1n) is 3.10. The smallest absolute Gasteiger partial charge is 0.146 e. The van der Waals surface area contributed by atoms with Crippen LogP contribution in [-0.4, -0.2) is 26.4 Å². The van der Waals surface area contributed by atoms with E-state index in [4.69, 9.17) is 0 Å². The summed E-state index contributed by atoms with van der Waals surface area (Å²) in [6, 6.07) is 0. The van der Waals surface area contributed by atoms with Gasteiger partial charge in [-0.2, -0.15) is 18.6 Å². The Hall–Kier alpha value is -0.750. The number of aromatic nitrogens is 4. The number of hydrogen-bond acceptors (Lipinski definition) is 4. The predicted molar refractivity (Wildman–Crippen MR) is 53.8 cm³/mol. The van der Waals surface area contributed by atoms with E-state index in [1.807, 2.05) is 6.26 Å². The third kappa shape index (κ3) is 1.39. The van der Waals surface area contributed by atoms with Crippen molar-refractivity contribution in [2.24, 2.45) is 0 Å². The van der Waals surface area contributed by atoms with Crippen LogP contribution in [0.15, 0.2) is 17.6 Å². The molecule has 0 amide bonds. The molecule has 2 aromatic heterocycles. The molecule has 12 heavy (non-hydrogen) atoms. The van der Waals surface area contributed by atoms with Crippen molar-refractivity contribution in [2.75, 3.05) is 6.26 Å². The lowest BCUT2D eigenvalue weighted by Crippen LogP contribution is -1.84. The van der Waals surface area contributed by atoms with E-state index >= 15 is 0 Å². The number of H-pyrrole nitrogens is 1. The third-order valence-electron chi connectivity index (χ3n) is 1.40. The van der Waals surface area contributed by atoms with Gasteiger partial charge >= 0.3 is 0 Å². The molecule has 0 fully saturated rings. The molecule has 0 aliphatic rings. The zero-order valence-electron chi connectivity index (χ0n) is 6.40. The maximum Gasteiger partial charge on any atom is 0.146 e. The van der Waals surface area contributed by atoms with Crippen LogP contribution in [-0.2, 0) is 0 Å². The van der Waals surface area contributed by atoms with Crippen LogP contribution in [0.5, 0.6) is 0 Å². The van der Waals surface area contributed by atoms with Crippen LogP contribution in [0.2, 0.25) is 0 Å². The molecule has 2 heterocycles. The molecule has 6 heteroatoms. The number of nitrogens with one attached hydrogen (secondary N) is 1. The van der Waals surface area contributed by atoms with Gasteiger partial charge in [0.25, 0.3) is 0 Å². The second-order valence-electron chi connectivity index (χ2n) is 2.02. The summed E-state index contributed by atoms with van der Waals surface area (Å²) in [4.78, 5) is 7.08. The van der Waals surface area contributed by atoms with Crippen molar-refractivity contribution < 1.29 is 0 Å². The number of fused-ring (bicyclic) bond motifs is 1. The van der Waals surface area contributed by atoms with Crippen LogP contribution in [0.1, 0.15) is 0 Å². The molecule has 0 radical (unpaired) electrons. The van der Waals surface area contributed by atoms with Crippen LogP contribution < -0.4 is 0 Å². The van der Waals surface area contributed by atoms with Crippen molar-refractivity contribution in [3.63, 3.8) is 0 Å². The molecular formula is C6H8N4S2. The lowest BCUT2D eigenvalue weighted by Gasteiger charge is -1.92. The molecule has 0 bridgehead atoms. The summed E-state index contributed by atoms with van der Waals surface area (Å²) in [5.41, 5.74) is 1.83. The van der Waals surface area contributed by atoms with Gasteiger partial charge in [-0.15, -0.1) is 16.9 Å². The molecule has 0 aliphatic carbocycles. The van der Waals surface area contributed by atoms with Gasteiger partial charge in [0.05, 0.1) is 18.0 Å². The molecule has 0 unspecified atom stereocenters. The molecule has 2 rings (SSSR count). The average molecular weight is 200 g/mol. The summed E-state index contributed by atoms with van der Waals surface area (Å²) in [5.74, 6) is 0. The van der Waals surface area contributed by atoms with Gasteiger partial charge in [0.2, 0.25) is 0 Å². The van der Waals surface area contributed by atoms with E-state index in [2.05, 4.69) is 20.2 Å². The number of rotatable bonds is 1. The Morgan fingerprint density at radius 3 is 3.08 bits per heavy atom. The Labute approximate surface area is 80.6 Å². The molecule has 0 spiro atoms. The summed E-state index contributed by atoms with van der Waals surface area (Å²) in [7, 11) is 0. The SMILES string of the molecule is CSc1nncc2[nH]cnc12.S. The zero-order chi connectivity index (χ0) is 7.68. The lowest BCUT2D eigenvalue weighted by molar-refractivity contribution is 0.951. The fourth-order valence-electron chi connectivity index (χ4n) is 0.897. The number of thioether (sulfide) groups is 1. The summed E-state index contributed by atoms with van der Waals surface area (Å²) >= 11 is 1.55. The van der Waals surface area contributed by atoms with E-state index in [9.17, 15) is 0 Å². The molecule has 64 valence electrons. The van der Waals surface area contributed by atoms with Gasteiger partial charge in [-0.3, -0.25) is 0 Å². The van der Waals surface area contributed by atoms with E-state index in [-0.39, 0.29) is 13.5 Å². The van der Waals surface area contributed by atoms with E-state index in [0.717, 1.165) is 16.1 Å². The molecule has 0 aromatic carbocycles. The highest BCUT2D eigenvalue weighted by atomic mass is 32.2. The maximum absolute atomic E-state index is 4.11. The van der Waals surface area contributed by atoms with Gasteiger partial charge in [0, 0.05) is 0 Å². The number of nitrogens with zero attached hydrogens (tertiary/aromatic N) is 3. The highest BCUT2D eigenvalue weighted by Crippen LogP contribution is 2.18. The summed E-state index contributed by atoms with van der Waals surface area (Å²) in [6.07, 6.45) is 5.27. The monoisotopic (exact) mass is 200 g/mol. The third-order valence-corrected chi connectivity index (χ3v) is 2.06. The van der Waals surface area contributed by atoms with E-state index in [1.165, 1.54) is 0 Å². The molecule has 1 N–H and O–H groups in total. The van der Waals surface area contributed by atoms with Gasteiger partial charge < -0.3 is 4.98 Å². The first-order valence-corrected chi connectivity index (χ1v) is 4.33. The minimum absolute atomic E-state index is 0. The van der Waals surface area contributed by atoms with Gasteiger partial charge in [0.15, 0.2) is 0 Å². The predicted octanol–water partition coefficient (Wildman–Crippen LogP) is 1.19. The van der Waals surface area contributed by atoms with Crippen molar-refractivity contribution in [3.05, 3.63) is 12.5 Å². The minimum atomic E-state index is 0. The van der Waals surface area contributed by atoms with E-state index in [1.54, 1.807) is 24.3 Å². The Kier molecular flexibility index (Phi) is 2.93. The molecule has 0 atom stereocenters. The second-order valence-corrected chi connectivity index (χ2v) is 2.81. The first-order chi connectivity index (χ1) is 5.42. The average Bonchev–Trinajstić information content (AvgIpc) is 2.50. The largest absolute Gasteiger partial charge is 0.343 e. The van der Waals surface area contributed by atoms with Crippen molar-refractivity contribution in [1.82, 2.24) is 20.2 Å². The van der Waals surface area contributed by atoms with Crippen molar-refractivity contribution >= 4 is 36.3 Å². The van der Waals surface area contributed by atoms with Crippen LogP contribution in [0, 0.1) is 0 Å². The van der Waals surface area contributed by atoms with E-state index < -0.39 is 0 Å². The Bertz CT molecular complexity index is 372. The molecule has 2 aromatic rings. The maximum atomic E-state index is 4.11. The van der Waals surface area contributed by atoms with Crippen LogP contribution in [0.25, 0.3) is 11.0 Å². The van der Waals surface area contributed by atoms with Gasteiger partial charge in [0.1, 0.15) is 10.5 Å². The fraction of sp³-hybridized carbons (Fsp3) is 0.167. The molecule has 0 saturated carbocycles. The quantitative estimate of drug-likeness (QED) is 0.702. The molecular weight excluding hydrogens is 192 g/mol. The molecule has 0 saturated heterocycles. The summed E-state index contributed by atoms with van der Waals surface area (Å²) < 4.78 is 0. The van der Waals surface area contributed by atoms with Crippen molar-refractivity contribution in [2.45, 2.75) is 5.03 Å². The lowest BCUT2D eigenvalue weighted by atomic mass is 10.5. The molecule has 4 nitrogen and oxygen atoms in total. The second kappa shape index (κ2) is 3.77. The van der Waals surface area contributed by atoms with Crippen LogP contribution in [0.4, 0.5) is 0 Å². The highest BCUT2D eigenvalue weighted by molar-refractivity contribution is 7.98. The minimum Gasteiger partial charge on any atom is -0.343 e. The summed E-state index contributed by atoms with van der Waals surface area (Å²) in [5, 5.41) is 8.61. The number of imidazole rings is 1. The standard InChI is InChI=1S/C6H6N4S.H2S/c1-11-6-5-4(2-9-10-6)7-3-8-5;/h2-3H,1H3,(H,7,8);1H2. The van der Waals surface area contributed by atoms with Crippen molar-refractivity contribution in [1.29, 1.82) is 0 Å². The molecule has 0 aliphatic heterocycles. The normalized spacial score (nSPS) is 9.75. The Balaban J connectivity index is 0.000000720. The van der Waals surface area contributed by atoms with Gasteiger partial charge in [-0.25, -0.2) is 4.98 Å². The van der Waals surface area contributed by atoms with Gasteiger partial charge in [-0.1, -0.05) is 0 Å². The Morgan fingerprint density at radius 1 is 1.50 bits per heavy atom. The number of aromatic amines is 1. The highest BCUT2D eigenvalue weighted by Gasteiger charge is 2.02. The summed E-state index contributed by atoms with van der Waals surface area (Å²) in [6.45, 7) is 0. The van der Waals surface area contributed by atoms with Crippen LogP contribution in [0.3, 0.4) is 0 Å².